The molecule has 1 aliphatic carbocycles. The molecule has 0 unspecified atom stereocenters. The standard InChI is InChI=1S/C13H20N4O/c1-14-8-10-4-3-7-15-13(10)17(2)9-12(18)16-11-5-6-11/h3-4,7,11,14H,5-6,8-9H2,1-2H3,(H,16,18). The normalized spacial score (nSPS) is 14.3. The van der Waals surface area contributed by atoms with Crippen LogP contribution in [0.15, 0.2) is 18.3 Å². The molecule has 18 heavy (non-hydrogen) atoms. The van der Waals surface area contributed by atoms with Gasteiger partial charge >= 0.3 is 0 Å². The zero-order valence-electron chi connectivity index (χ0n) is 10.9. The molecule has 0 aromatic carbocycles. The van der Waals surface area contributed by atoms with Crippen LogP contribution in [-0.4, -0.2) is 37.6 Å². The summed E-state index contributed by atoms with van der Waals surface area (Å²) in [6.07, 6.45) is 3.98. The highest BCUT2D eigenvalue weighted by Gasteiger charge is 2.23. The van der Waals surface area contributed by atoms with E-state index < -0.39 is 0 Å². The summed E-state index contributed by atoms with van der Waals surface area (Å²) in [6.45, 7) is 1.10. The summed E-state index contributed by atoms with van der Waals surface area (Å²) in [7, 11) is 3.80. The molecule has 1 aliphatic rings. The summed E-state index contributed by atoms with van der Waals surface area (Å²) in [5.41, 5.74) is 1.10. The largest absolute Gasteiger partial charge is 0.352 e. The van der Waals surface area contributed by atoms with E-state index in [9.17, 15) is 4.79 Å². The van der Waals surface area contributed by atoms with Crippen molar-refractivity contribution >= 4 is 11.7 Å². The van der Waals surface area contributed by atoms with Gasteiger partial charge in [-0.1, -0.05) is 6.07 Å². The molecule has 0 aliphatic heterocycles. The average Bonchev–Trinajstić information content (AvgIpc) is 3.13. The first-order valence-corrected chi connectivity index (χ1v) is 6.29. The highest BCUT2D eigenvalue weighted by molar-refractivity contribution is 5.81. The zero-order valence-corrected chi connectivity index (χ0v) is 10.9. The van der Waals surface area contributed by atoms with E-state index in [1.807, 2.05) is 31.1 Å². The highest BCUT2D eigenvalue weighted by atomic mass is 16.2. The topological polar surface area (TPSA) is 57.3 Å². The van der Waals surface area contributed by atoms with Crippen LogP contribution in [0.3, 0.4) is 0 Å². The minimum atomic E-state index is 0.0704. The maximum Gasteiger partial charge on any atom is 0.239 e. The van der Waals surface area contributed by atoms with Gasteiger partial charge in [-0.15, -0.1) is 0 Å². The van der Waals surface area contributed by atoms with Crippen LogP contribution >= 0.6 is 0 Å². The van der Waals surface area contributed by atoms with Crippen molar-refractivity contribution in [3.63, 3.8) is 0 Å². The quantitative estimate of drug-likeness (QED) is 0.770. The number of anilines is 1. The number of rotatable bonds is 6. The van der Waals surface area contributed by atoms with Gasteiger partial charge in [0, 0.05) is 31.4 Å². The Morgan fingerprint density at radius 3 is 3.00 bits per heavy atom. The van der Waals surface area contributed by atoms with Crippen LogP contribution in [0.1, 0.15) is 18.4 Å². The number of carbonyl (C=O) groups is 1. The molecule has 2 rings (SSSR count). The molecule has 1 amide bonds. The van der Waals surface area contributed by atoms with Gasteiger partial charge in [-0.05, 0) is 26.0 Å². The maximum absolute atomic E-state index is 11.8. The number of nitrogens with zero attached hydrogens (tertiary/aromatic N) is 2. The molecule has 0 spiro atoms. The van der Waals surface area contributed by atoms with Crippen LogP contribution in [0.4, 0.5) is 5.82 Å². The van der Waals surface area contributed by atoms with Gasteiger partial charge in [0.2, 0.25) is 5.91 Å². The third-order valence-electron chi connectivity index (χ3n) is 2.92. The van der Waals surface area contributed by atoms with Crippen LogP contribution in [0.25, 0.3) is 0 Å². The van der Waals surface area contributed by atoms with Crippen molar-refractivity contribution < 1.29 is 4.79 Å². The first kappa shape index (κ1) is 12.8. The van der Waals surface area contributed by atoms with Crippen LogP contribution in [0, 0.1) is 0 Å². The monoisotopic (exact) mass is 248 g/mol. The molecule has 5 heteroatoms. The average molecular weight is 248 g/mol. The fourth-order valence-corrected chi connectivity index (χ4v) is 1.89. The van der Waals surface area contributed by atoms with Crippen LogP contribution in [-0.2, 0) is 11.3 Å². The summed E-state index contributed by atoms with van der Waals surface area (Å²) in [6, 6.07) is 4.34. The van der Waals surface area contributed by atoms with E-state index in [1.54, 1.807) is 6.20 Å². The third kappa shape index (κ3) is 3.43. The van der Waals surface area contributed by atoms with Gasteiger partial charge in [0.05, 0.1) is 6.54 Å². The molecular formula is C13H20N4O. The van der Waals surface area contributed by atoms with Crippen molar-refractivity contribution in [1.82, 2.24) is 15.6 Å². The lowest BCUT2D eigenvalue weighted by atomic mass is 10.2. The predicted molar refractivity (Wildman–Crippen MR) is 71.4 cm³/mol. The van der Waals surface area contributed by atoms with E-state index in [4.69, 9.17) is 0 Å². The zero-order chi connectivity index (χ0) is 13.0. The first-order chi connectivity index (χ1) is 8.70. The number of hydrogen-bond acceptors (Lipinski definition) is 4. The Labute approximate surface area is 108 Å². The second kappa shape index (κ2) is 5.82. The first-order valence-electron chi connectivity index (χ1n) is 6.29. The number of amides is 1. The molecule has 5 nitrogen and oxygen atoms in total. The summed E-state index contributed by atoms with van der Waals surface area (Å²) in [4.78, 5) is 18.0. The lowest BCUT2D eigenvalue weighted by Gasteiger charge is -2.20. The second-order valence-corrected chi connectivity index (χ2v) is 4.71. The SMILES string of the molecule is CNCc1cccnc1N(C)CC(=O)NC1CC1. The molecule has 0 saturated heterocycles. The van der Waals surface area contributed by atoms with E-state index in [0.717, 1.165) is 30.8 Å². The Hall–Kier alpha value is -1.62. The van der Waals surface area contributed by atoms with Gasteiger partial charge in [0.25, 0.3) is 0 Å². The van der Waals surface area contributed by atoms with E-state index in [0.29, 0.717) is 12.6 Å². The Bertz CT molecular complexity index is 417. The maximum atomic E-state index is 11.8. The van der Waals surface area contributed by atoms with Crippen molar-refractivity contribution in [1.29, 1.82) is 0 Å². The van der Waals surface area contributed by atoms with E-state index in [2.05, 4.69) is 15.6 Å². The lowest BCUT2D eigenvalue weighted by Crippen LogP contribution is -2.37. The predicted octanol–water partition coefficient (Wildman–Crippen LogP) is 0.516. The van der Waals surface area contributed by atoms with Gasteiger partial charge in [-0.25, -0.2) is 4.98 Å². The molecule has 1 saturated carbocycles. The van der Waals surface area contributed by atoms with Crippen LogP contribution < -0.4 is 15.5 Å². The van der Waals surface area contributed by atoms with Crippen molar-refractivity contribution in [2.45, 2.75) is 25.4 Å². The molecule has 0 bridgehead atoms. The number of hydrogen-bond donors (Lipinski definition) is 2. The molecule has 2 N–H and O–H groups in total. The number of carbonyl (C=O) groups excluding carboxylic acids is 1. The van der Waals surface area contributed by atoms with Crippen LogP contribution in [0.5, 0.6) is 0 Å². The van der Waals surface area contributed by atoms with Gasteiger partial charge < -0.3 is 15.5 Å². The fraction of sp³-hybridized carbons (Fsp3) is 0.538. The molecule has 1 heterocycles. The fourth-order valence-electron chi connectivity index (χ4n) is 1.89. The summed E-state index contributed by atoms with van der Waals surface area (Å²) < 4.78 is 0. The van der Waals surface area contributed by atoms with Gasteiger partial charge in [0.1, 0.15) is 5.82 Å². The second-order valence-electron chi connectivity index (χ2n) is 4.71. The van der Waals surface area contributed by atoms with E-state index in [1.165, 1.54) is 0 Å². The smallest absolute Gasteiger partial charge is 0.239 e. The van der Waals surface area contributed by atoms with E-state index >= 15 is 0 Å². The van der Waals surface area contributed by atoms with Crippen molar-refractivity contribution in [2.24, 2.45) is 0 Å². The Balaban J connectivity index is 1.98. The summed E-state index contributed by atoms with van der Waals surface area (Å²) in [5.74, 6) is 0.929. The number of pyridine rings is 1. The Kier molecular flexibility index (Phi) is 4.15. The number of likely N-dealkylation sites (N-methyl/N-ethyl adjacent to an activating group) is 1. The van der Waals surface area contributed by atoms with Gasteiger partial charge in [-0.2, -0.15) is 0 Å². The molecule has 1 fully saturated rings. The number of nitrogens with one attached hydrogen (secondary N) is 2. The minimum absolute atomic E-state index is 0.0704. The Morgan fingerprint density at radius 1 is 1.56 bits per heavy atom. The molecule has 0 radical (unpaired) electrons. The number of aromatic nitrogens is 1. The lowest BCUT2D eigenvalue weighted by molar-refractivity contribution is -0.119. The van der Waals surface area contributed by atoms with Crippen molar-refractivity contribution in [3.05, 3.63) is 23.9 Å². The van der Waals surface area contributed by atoms with Gasteiger partial charge in [0.15, 0.2) is 0 Å². The molecule has 0 atom stereocenters. The summed E-state index contributed by atoms with van der Waals surface area (Å²) in [5, 5.41) is 6.09. The molecule has 1 aromatic rings. The molecule has 98 valence electrons. The third-order valence-corrected chi connectivity index (χ3v) is 2.92. The molecular weight excluding hydrogens is 228 g/mol. The highest BCUT2D eigenvalue weighted by Crippen LogP contribution is 2.19. The van der Waals surface area contributed by atoms with Crippen molar-refractivity contribution in [3.8, 4) is 0 Å². The Morgan fingerprint density at radius 2 is 2.33 bits per heavy atom. The van der Waals surface area contributed by atoms with Crippen LogP contribution in [0.2, 0.25) is 0 Å². The molecule has 1 aromatic heterocycles. The van der Waals surface area contributed by atoms with E-state index in [-0.39, 0.29) is 5.91 Å². The van der Waals surface area contributed by atoms with Crippen molar-refractivity contribution in [2.75, 3.05) is 25.5 Å². The summed E-state index contributed by atoms with van der Waals surface area (Å²) >= 11 is 0. The van der Waals surface area contributed by atoms with Gasteiger partial charge in [-0.3, -0.25) is 4.79 Å². The minimum Gasteiger partial charge on any atom is -0.352 e.